The first kappa shape index (κ1) is 12.1. The van der Waals surface area contributed by atoms with Crippen LogP contribution in [0.3, 0.4) is 0 Å². The number of likely N-dealkylation sites (N-methyl/N-ethyl adjacent to an activating group) is 1. The highest BCUT2D eigenvalue weighted by atomic mass is 16.5. The Morgan fingerprint density at radius 3 is 3.00 bits per heavy atom. The minimum absolute atomic E-state index is 0.175. The van der Waals surface area contributed by atoms with Crippen LogP contribution in [0.4, 0.5) is 0 Å². The third-order valence-corrected chi connectivity index (χ3v) is 3.39. The fourth-order valence-corrected chi connectivity index (χ4v) is 2.40. The molecule has 0 aliphatic carbocycles. The summed E-state index contributed by atoms with van der Waals surface area (Å²) in [5, 5.41) is 0. The van der Waals surface area contributed by atoms with Crippen molar-refractivity contribution in [3.63, 3.8) is 0 Å². The van der Waals surface area contributed by atoms with Crippen molar-refractivity contribution < 1.29 is 9.53 Å². The Morgan fingerprint density at radius 2 is 2.35 bits per heavy atom. The van der Waals surface area contributed by atoms with Crippen LogP contribution in [-0.4, -0.2) is 38.1 Å². The fraction of sp³-hybridized carbons (Fsp3) is 0.500. The summed E-state index contributed by atoms with van der Waals surface area (Å²) in [6.07, 6.45) is 1.57. The van der Waals surface area contributed by atoms with Crippen LogP contribution >= 0.6 is 0 Å². The average Bonchev–Trinajstić information content (AvgIpc) is 2.76. The van der Waals surface area contributed by atoms with Crippen molar-refractivity contribution in [2.24, 2.45) is 0 Å². The number of carbonyl (C=O) groups is 1. The SMILES string of the molecule is COC(=O)Cc1cccc(C2CCN(C)C2)c1. The maximum absolute atomic E-state index is 11.2. The van der Waals surface area contributed by atoms with E-state index in [2.05, 4.69) is 28.8 Å². The molecule has 1 heterocycles. The Labute approximate surface area is 102 Å². The number of hydrogen-bond donors (Lipinski definition) is 0. The molecular formula is C14H19NO2. The molecule has 0 saturated carbocycles. The maximum Gasteiger partial charge on any atom is 0.309 e. The summed E-state index contributed by atoms with van der Waals surface area (Å²) in [7, 11) is 3.58. The highest BCUT2D eigenvalue weighted by Crippen LogP contribution is 2.26. The number of benzene rings is 1. The van der Waals surface area contributed by atoms with Gasteiger partial charge in [0.2, 0.25) is 0 Å². The number of carbonyl (C=O) groups excluding carboxylic acids is 1. The van der Waals surface area contributed by atoms with Gasteiger partial charge in [-0.3, -0.25) is 4.79 Å². The van der Waals surface area contributed by atoms with Gasteiger partial charge >= 0.3 is 5.97 Å². The van der Waals surface area contributed by atoms with Crippen LogP contribution in [0.25, 0.3) is 0 Å². The number of rotatable bonds is 3. The number of esters is 1. The van der Waals surface area contributed by atoms with E-state index in [0.29, 0.717) is 12.3 Å². The molecule has 0 amide bonds. The molecule has 1 unspecified atom stereocenters. The molecule has 1 fully saturated rings. The molecule has 1 saturated heterocycles. The Bertz CT molecular complexity index is 403. The fourth-order valence-electron chi connectivity index (χ4n) is 2.40. The van der Waals surface area contributed by atoms with Crippen LogP contribution in [0.5, 0.6) is 0 Å². The second kappa shape index (κ2) is 5.32. The van der Waals surface area contributed by atoms with Crippen molar-refractivity contribution in [1.82, 2.24) is 4.90 Å². The lowest BCUT2D eigenvalue weighted by molar-refractivity contribution is -0.139. The predicted molar refractivity (Wildman–Crippen MR) is 67.0 cm³/mol. The van der Waals surface area contributed by atoms with E-state index in [0.717, 1.165) is 18.7 Å². The third-order valence-electron chi connectivity index (χ3n) is 3.39. The Balaban J connectivity index is 2.08. The molecule has 3 heteroatoms. The molecule has 0 radical (unpaired) electrons. The molecule has 92 valence electrons. The van der Waals surface area contributed by atoms with Crippen LogP contribution in [0, 0.1) is 0 Å². The van der Waals surface area contributed by atoms with Gasteiger partial charge in [-0.05, 0) is 37.1 Å². The van der Waals surface area contributed by atoms with Gasteiger partial charge in [0, 0.05) is 6.54 Å². The molecule has 0 spiro atoms. The monoisotopic (exact) mass is 233 g/mol. The summed E-state index contributed by atoms with van der Waals surface area (Å²) < 4.78 is 4.69. The van der Waals surface area contributed by atoms with E-state index >= 15 is 0 Å². The van der Waals surface area contributed by atoms with E-state index in [1.54, 1.807) is 0 Å². The van der Waals surface area contributed by atoms with Crippen LogP contribution in [0.2, 0.25) is 0 Å². The summed E-state index contributed by atoms with van der Waals surface area (Å²) in [5.74, 6) is 0.434. The summed E-state index contributed by atoms with van der Waals surface area (Å²) in [4.78, 5) is 13.6. The molecule has 1 aliphatic heterocycles. The van der Waals surface area contributed by atoms with Gasteiger partial charge in [0.15, 0.2) is 0 Å². The largest absolute Gasteiger partial charge is 0.469 e. The second-order valence-corrected chi connectivity index (χ2v) is 4.75. The van der Waals surface area contributed by atoms with E-state index in [4.69, 9.17) is 0 Å². The highest BCUT2D eigenvalue weighted by Gasteiger charge is 2.21. The molecule has 0 aromatic heterocycles. The minimum atomic E-state index is -0.175. The van der Waals surface area contributed by atoms with Gasteiger partial charge in [-0.2, -0.15) is 0 Å². The van der Waals surface area contributed by atoms with Crippen LogP contribution < -0.4 is 0 Å². The van der Waals surface area contributed by atoms with Gasteiger partial charge in [-0.1, -0.05) is 24.3 Å². The zero-order valence-electron chi connectivity index (χ0n) is 10.5. The van der Waals surface area contributed by atoms with Crippen LogP contribution in [-0.2, 0) is 16.0 Å². The first-order valence-electron chi connectivity index (χ1n) is 6.03. The number of nitrogens with zero attached hydrogens (tertiary/aromatic N) is 1. The summed E-state index contributed by atoms with van der Waals surface area (Å²) in [6.45, 7) is 2.27. The average molecular weight is 233 g/mol. The van der Waals surface area contributed by atoms with Gasteiger partial charge < -0.3 is 9.64 Å². The highest BCUT2D eigenvalue weighted by molar-refractivity contribution is 5.72. The normalized spacial score (nSPS) is 20.5. The molecule has 2 rings (SSSR count). The van der Waals surface area contributed by atoms with Gasteiger partial charge in [0.25, 0.3) is 0 Å². The second-order valence-electron chi connectivity index (χ2n) is 4.75. The zero-order valence-corrected chi connectivity index (χ0v) is 10.5. The first-order chi connectivity index (χ1) is 8.19. The maximum atomic E-state index is 11.2. The van der Waals surface area contributed by atoms with Gasteiger partial charge in [0.05, 0.1) is 13.5 Å². The molecule has 3 nitrogen and oxygen atoms in total. The smallest absolute Gasteiger partial charge is 0.309 e. The first-order valence-corrected chi connectivity index (χ1v) is 6.03. The molecule has 0 bridgehead atoms. The van der Waals surface area contributed by atoms with Gasteiger partial charge in [0.1, 0.15) is 0 Å². The van der Waals surface area contributed by atoms with Crippen molar-refractivity contribution in [3.8, 4) is 0 Å². The van der Waals surface area contributed by atoms with Gasteiger partial charge in [-0.25, -0.2) is 0 Å². The van der Waals surface area contributed by atoms with Crippen molar-refractivity contribution >= 4 is 5.97 Å². The number of hydrogen-bond acceptors (Lipinski definition) is 3. The number of methoxy groups -OCH3 is 1. The lowest BCUT2D eigenvalue weighted by Gasteiger charge is -2.12. The van der Waals surface area contributed by atoms with Crippen molar-refractivity contribution in [2.45, 2.75) is 18.8 Å². The molecule has 1 aromatic carbocycles. The number of ether oxygens (including phenoxy) is 1. The Morgan fingerprint density at radius 1 is 1.53 bits per heavy atom. The van der Waals surface area contributed by atoms with Gasteiger partial charge in [-0.15, -0.1) is 0 Å². The molecule has 1 aliphatic rings. The van der Waals surface area contributed by atoms with E-state index < -0.39 is 0 Å². The lowest BCUT2D eigenvalue weighted by atomic mass is 9.96. The van der Waals surface area contributed by atoms with Crippen LogP contribution in [0.1, 0.15) is 23.5 Å². The predicted octanol–water partition coefficient (Wildman–Crippen LogP) is 1.82. The van der Waals surface area contributed by atoms with E-state index in [-0.39, 0.29) is 5.97 Å². The number of likely N-dealkylation sites (tertiary alicyclic amines) is 1. The Kier molecular flexibility index (Phi) is 3.79. The minimum Gasteiger partial charge on any atom is -0.469 e. The molecule has 1 aromatic rings. The van der Waals surface area contributed by atoms with Crippen LogP contribution in [0.15, 0.2) is 24.3 Å². The third kappa shape index (κ3) is 3.07. The topological polar surface area (TPSA) is 29.5 Å². The van der Waals surface area contributed by atoms with E-state index in [9.17, 15) is 4.79 Å². The summed E-state index contributed by atoms with van der Waals surface area (Å²) in [6, 6.07) is 8.32. The molecule has 17 heavy (non-hydrogen) atoms. The van der Waals surface area contributed by atoms with E-state index in [1.807, 2.05) is 12.1 Å². The van der Waals surface area contributed by atoms with Crippen molar-refractivity contribution in [2.75, 3.05) is 27.2 Å². The van der Waals surface area contributed by atoms with E-state index in [1.165, 1.54) is 19.1 Å². The molecule has 0 N–H and O–H groups in total. The van der Waals surface area contributed by atoms with Crippen molar-refractivity contribution in [3.05, 3.63) is 35.4 Å². The zero-order chi connectivity index (χ0) is 12.3. The molecule has 1 atom stereocenters. The quantitative estimate of drug-likeness (QED) is 0.746. The summed E-state index contributed by atoms with van der Waals surface area (Å²) >= 11 is 0. The summed E-state index contributed by atoms with van der Waals surface area (Å²) in [5.41, 5.74) is 2.39. The van der Waals surface area contributed by atoms with Crippen molar-refractivity contribution in [1.29, 1.82) is 0 Å². The molecular weight excluding hydrogens is 214 g/mol. The lowest BCUT2D eigenvalue weighted by Crippen LogP contribution is -2.13. The Hall–Kier alpha value is -1.35. The standard InChI is InChI=1S/C14H19NO2/c1-15-7-6-13(10-15)12-5-3-4-11(8-12)9-14(16)17-2/h3-5,8,13H,6-7,9-10H2,1-2H3.